The molecule has 0 bridgehead atoms. The van der Waals surface area contributed by atoms with Crippen molar-refractivity contribution >= 4 is 5.97 Å². The van der Waals surface area contributed by atoms with Crippen LogP contribution in [0.1, 0.15) is 53.4 Å². The van der Waals surface area contributed by atoms with Crippen molar-refractivity contribution in [3.8, 4) is 0 Å². The monoisotopic (exact) mass is 304 g/mol. The Morgan fingerprint density at radius 1 is 1.32 bits per heavy atom. The third-order valence-corrected chi connectivity index (χ3v) is 6.03. The lowest BCUT2D eigenvalue weighted by Gasteiger charge is -2.46. The number of hydrogen-bond acceptors (Lipinski definition) is 3. The molecule has 3 unspecified atom stereocenters. The van der Waals surface area contributed by atoms with E-state index >= 15 is 0 Å². The summed E-state index contributed by atoms with van der Waals surface area (Å²) < 4.78 is 11.6. The average Bonchev–Trinajstić information content (AvgIpc) is 2.75. The number of carbonyl (C=O) groups is 1. The summed E-state index contributed by atoms with van der Waals surface area (Å²) in [6.45, 7) is 12.1. The molecule has 0 radical (unpaired) electrons. The first kappa shape index (κ1) is 15.8. The summed E-state index contributed by atoms with van der Waals surface area (Å²) >= 11 is 0. The first-order valence-corrected chi connectivity index (χ1v) is 8.62. The number of rotatable bonds is 2. The van der Waals surface area contributed by atoms with E-state index in [9.17, 15) is 4.79 Å². The molecule has 0 amide bonds. The van der Waals surface area contributed by atoms with E-state index in [2.05, 4.69) is 27.4 Å². The molecule has 0 aromatic heterocycles. The molecule has 1 heterocycles. The molecule has 1 aliphatic heterocycles. The number of fused-ring (bicyclic) bond motifs is 2. The van der Waals surface area contributed by atoms with Crippen LogP contribution in [0.2, 0.25) is 0 Å². The predicted molar refractivity (Wildman–Crippen MR) is 86.0 cm³/mol. The molecule has 6 atom stereocenters. The third kappa shape index (κ3) is 2.54. The van der Waals surface area contributed by atoms with E-state index < -0.39 is 6.29 Å². The van der Waals surface area contributed by atoms with Gasteiger partial charge in [-0.3, -0.25) is 0 Å². The first-order valence-electron chi connectivity index (χ1n) is 8.62. The normalized spacial score (nSPS) is 40.9. The minimum absolute atomic E-state index is 0.143. The van der Waals surface area contributed by atoms with Crippen molar-refractivity contribution in [2.75, 3.05) is 0 Å². The predicted octanol–water partition coefficient (Wildman–Crippen LogP) is 4.24. The van der Waals surface area contributed by atoms with Crippen LogP contribution in [0.5, 0.6) is 0 Å². The van der Waals surface area contributed by atoms with Crippen LogP contribution < -0.4 is 0 Å². The van der Waals surface area contributed by atoms with Crippen LogP contribution in [0.15, 0.2) is 23.3 Å². The highest BCUT2D eigenvalue weighted by molar-refractivity contribution is 5.87. The topological polar surface area (TPSA) is 35.5 Å². The molecular formula is C19H28O3. The molecule has 2 fully saturated rings. The van der Waals surface area contributed by atoms with Gasteiger partial charge in [-0.05, 0) is 55.1 Å². The Morgan fingerprint density at radius 2 is 2.05 bits per heavy atom. The van der Waals surface area contributed by atoms with Crippen molar-refractivity contribution in [3.63, 3.8) is 0 Å². The van der Waals surface area contributed by atoms with Crippen LogP contribution >= 0.6 is 0 Å². The van der Waals surface area contributed by atoms with Crippen molar-refractivity contribution in [1.29, 1.82) is 0 Å². The quantitative estimate of drug-likeness (QED) is 0.435. The summed E-state index contributed by atoms with van der Waals surface area (Å²) in [5.41, 5.74) is 2.93. The molecular weight excluding hydrogens is 276 g/mol. The summed E-state index contributed by atoms with van der Waals surface area (Å²) in [5.74, 6) is 2.48. The Hall–Kier alpha value is -1.09. The number of carbonyl (C=O) groups excluding carboxylic acids is 1. The maximum atomic E-state index is 11.8. The molecule has 2 saturated carbocycles. The van der Waals surface area contributed by atoms with Gasteiger partial charge >= 0.3 is 5.97 Å². The Balaban J connectivity index is 1.82. The molecule has 3 heteroatoms. The van der Waals surface area contributed by atoms with E-state index in [4.69, 9.17) is 9.47 Å². The molecule has 3 nitrogen and oxygen atoms in total. The lowest BCUT2D eigenvalue weighted by atomic mass is 9.59. The lowest BCUT2D eigenvalue weighted by molar-refractivity contribution is -0.169. The average molecular weight is 304 g/mol. The molecule has 22 heavy (non-hydrogen) atoms. The van der Waals surface area contributed by atoms with Crippen LogP contribution in [0.25, 0.3) is 0 Å². The van der Waals surface area contributed by atoms with E-state index in [1.165, 1.54) is 24.8 Å². The molecule has 0 saturated heterocycles. The van der Waals surface area contributed by atoms with E-state index in [-0.39, 0.29) is 12.1 Å². The molecule has 0 N–H and O–H groups in total. The van der Waals surface area contributed by atoms with Crippen LogP contribution in [-0.4, -0.2) is 18.4 Å². The van der Waals surface area contributed by atoms with Crippen molar-refractivity contribution in [2.24, 2.45) is 23.7 Å². The standard InChI is InChI=1S/C19H28O3/c1-10(2)18(20)22-19-13(5)17-12(4)16-11(3)7-6-8-14(16)9-15(17)21-19/h11-12,14-16,19H,1,6-9H2,2-5H3/t11-,12-,14?,15+,16?,19?/m0/s1. The molecule has 0 aromatic carbocycles. The second kappa shape index (κ2) is 5.84. The maximum absolute atomic E-state index is 11.8. The highest BCUT2D eigenvalue weighted by Crippen LogP contribution is 2.52. The van der Waals surface area contributed by atoms with Crippen LogP contribution in [-0.2, 0) is 14.3 Å². The molecule has 122 valence electrons. The van der Waals surface area contributed by atoms with Crippen LogP contribution in [0.4, 0.5) is 0 Å². The molecule has 3 aliphatic rings. The lowest BCUT2D eigenvalue weighted by Crippen LogP contribution is -2.41. The van der Waals surface area contributed by atoms with Gasteiger partial charge in [-0.1, -0.05) is 39.7 Å². The van der Waals surface area contributed by atoms with Crippen molar-refractivity contribution < 1.29 is 14.3 Å². The van der Waals surface area contributed by atoms with Gasteiger partial charge in [0.25, 0.3) is 0 Å². The number of hydrogen-bond donors (Lipinski definition) is 0. The van der Waals surface area contributed by atoms with Gasteiger partial charge in [0, 0.05) is 5.57 Å². The van der Waals surface area contributed by atoms with Crippen molar-refractivity contribution in [2.45, 2.75) is 65.8 Å². The largest absolute Gasteiger partial charge is 0.428 e. The zero-order chi connectivity index (χ0) is 16.0. The van der Waals surface area contributed by atoms with Gasteiger partial charge in [0.05, 0.1) is 6.10 Å². The first-order chi connectivity index (χ1) is 10.4. The van der Waals surface area contributed by atoms with Gasteiger partial charge < -0.3 is 9.47 Å². The summed E-state index contributed by atoms with van der Waals surface area (Å²) in [7, 11) is 0. The fourth-order valence-electron chi connectivity index (χ4n) is 5.07. The molecule has 2 aliphatic carbocycles. The second-order valence-electron chi connectivity index (χ2n) is 7.55. The summed E-state index contributed by atoms with van der Waals surface area (Å²) in [6.07, 6.45) is 4.73. The molecule has 0 aromatic rings. The van der Waals surface area contributed by atoms with Crippen molar-refractivity contribution in [3.05, 3.63) is 23.3 Å². The van der Waals surface area contributed by atoms with E-state index in [0.29, 0.717) is 11.5 Å². The highest BCUT2D eigenvalue weighted by atomic mass is 16.7. The van der Waals surface area contributed by atoms with Gasteiger partial charge in [0.2, 0.25) is 6.29 Å². The number of ether oxygens (including phenoxy) is 2. The molecule has 3 rings (SSSR count). The third-order valence-electron chi connectivity index (χ3n) is 6.03. The summed E-state index contributed by atoms with van der Waals surface area (Å²) in [6, 6.07) is 0. The van der Waals surface area contributed by atoms with Gasteiger partial charge in [0.1, 0.15) is 0 Å². The summed E-state index contributed by atoms with van der Waals surface area (Å²) in [4.78, 5) is 11.8. The second-order valence-corrected chi connectivity index (χ2v) is 7.55. The number of esters is 1. The van der Waals surface area contributed by atoms with Crippen LogP contribution in [0.3, 0.4) is 0 Å². The Morgan fingerprint density at radius 3 is 2.73 bits per heavy atom. The Labute approximate surface area is 133 Å². The minimum Gasteiger partial charge on any atom is -0.428 e. The smallest absolute Gasteiger partial charge is 0.335 e. The highest BCUT2D eigenvalue weighted by Gasteiger charge is 2.48. The fourth-order valence-corrected chi connectivity index (χ4v) is 5.07. The Kier molecular flexibility index (Phi) is 4.19. The maximum Gasteiger partial charge on any atom is 0.335 e. The van der Waals surface area contributed by atoms with E-state index in [1.807, 2.05) is 0 Å². The van der Waals surface area contributed by atoms with Gasteiger partial charge in [-0.25, -0.2) is 4.79 Å². The zero-order valence-electron chi connectivity index (χ0n) is 14.2. The minimum atomic E-state index is -0.512. The summed E-state index contributed by atoms with van der Waals surface area (Å²) in [5, 5.41) is 0. The van der Waals surface area contributed by atoms with Gasteiger partial charge in [-0.2, -0.15) is 0 Å². The van der Waals surface area contributed by atoms with E-state index in [1.54, 1.807) is 6.92 Å². The van der Waals surface area contributed by atoms with E-state index in [0.717, 1.165) is 29.7 Å². The Bertz CT molecular complexity index is 519. The van der Waals surface area contributed by atoms with Crippen LogP contribution in [0, 0.1) is 23.7 Å². The van der Waals surface area contributed by atoms with Crippen molar-refractivity contribution in [1.82, 2.24) is 0 Å². The van der Waals surface area contributed by atoms with Gasteiger partial charge in [-0.15, -0.1) is 0 Å². The zero-order valence-corrected chi connectivity index (χ0v) is 14.2. The SMILES string of the molecule is C=C(C)C(=O)OC1O[C@@H]2CC3CCC[C@H](C)C3[C@H](C)C2=C1C. The molecule has 0 spiro atoms. The van der Waals surface area contributed by atoms with Gasteiger partial charge in [0.15, 0.2) is 0 Å². The fraction of sp³-hybridized carbons (Fsp3) is 0.737.